The molecular weight excluding hydrogens is 214 g/mol. The highest BCUT2D eigenvalue weighted by atomic mass is 16.3. The molecule has 90 valence electrons. The first-order valence-corrected chi connectivity index (χ1v) is 5.86. The molecule has 1 N–H and O–H groups in total. The molecule has 0 amide bonds. The lowest BCUT2D eigenvalue weighted by Gasteiger charge is -2.09. The number of nitrogens with zero attached hydrogens (tertiary/aromatic N) is 1. The Balaban J connectivity index is 1.80. The Kier molecular flexibility index (Phi) is 3.94. The van der Waals surface area contributed by atoms with Gasteiger partial charge in [0.15, 0.2) is 0 Å². The van der Waals surface area contributed by atoms with E-state index in [0.29, 0.717) is 12.8 Å². The quantitative estimate of drug-likeness (QED) is 0.860. The molecule has 0 aliphatic rings. The minimum atomic E-state index is -0.365. The first-order chi connectivity index (χ1) is 8.24. The van der Waals surface area contributed by atoms with Gasteiger partial charge in [0, 0.05) is 24.7 Å². The van der Waals surface area contributed by atoms with Crippen LogP contribution in [0.4, 0.5) is 0 Å². The van der Waals surface area contributed by atoms with Crippen molar-refractivity contribution in [2.75, 3.05) is 0 Å². The molecule has 2 aromatic heterocycles. The van der Waals surface area contributed by atoms with Crippen LogP contribution in [-0.4, -0.2) is 16.2 Å². The zero-order chi connectivity index (χ0) is 12.1. The predicted octanol–water partition coefficient (Wildman–Crippen LogP) is 2.52. The van der Waals surface area contributed by atoms with E-state index in [-0.39, 0.29) is 6.10 Å². The van der Waals surface area contributed by atoms with E-state index in [1.54, 1.807) is 6.26 Å². The van der Waals surface area contributed by atoms with E-state index < -0.39 is 0 Å². The molecule has 3 heteroatoms. The number of aliphatic hydroxyl groups excluding tert-OH is 1. The molecule has 0 aromatic carbocycles. The van der Waals surface area contributed by atoms with Crippen molar-refractivity contribution in [2.45, 2.75) is 32.3 Å². The molecule has 3 nitrogen and oxygen atoms in total. The van der Waals surface area contributed by atoms with Gasteiger partial charge in [-0.15, -0.1) is 0 Å². The van der Waals surface area contributed by atoms with Gasteiger partial charge in [-0.05, 0) is 37.1 Å². The van der Waals surface area contributed by atoms with Crippen molar-refractivity contribution in [1.82, 2.24) is 4.98 Å². The lowest BCUT2D eigenvalue weighted by atomic mass is 10.1. The average Bonchev–Trinajstić information content (AvgIpc) is 2.83. The summed E-state index contributed by atoms with van der Waals surface area (Å²) in [5, 5.41) is 9.89. The van der Waals surface area contributed by atoms with E-state index in [9.17, 15) is 5.11 Å². The van der Waals surface area contributed by atoms with Gasteiger partial charge in [0.05, 0.1) is 12.4 Å². The second kappa shape index (κ2) is 5.64. The summed E-state index contributed by atoms with van der Waals surface area (Å²) in [7, 11) is 0. The second-order valence-corrected chi connectivity index (χ2v) is 4.30. The third kappa shape index (κ3) is 3.71. The minimum absolute atomic E-state index is 0.365. The highest BCUT2D eigenvalue weighted by molar-refractivity contribution is 5.12. The van der Waals surface area contributed by atoms with Crippen LogP contribution in [0.5, 0.6) is 0 Å². The van der Waals surface area contributed by atoms with Gasteiger partial charge in [0.1, 0.15) is 5.76 Å². The van der Waals surface area contributed by atoms with Crippen LogP contribution in [0, 0.1) is 6.92 Å². The average molecular weight is 231 g/mol. The Hall–Kier alpha value is -1.61. The van der Waals surface area contributed by atoms with E-state index in [2.05, 4.69) is 4.98 Å². The fourth-order valence-corrected chi connectivity index (χ4v) is 1.73. The minimum Gasteiger partial charge on any atom is -0.469 e. The summed E-state index contributed by atoms with van der Waals surface area (Å²) in [6.45, 7) is 2.00. The summed E-state index contributed by atoms with van der Waals surface area (Å²) in [4.78, 5) is 4.28. The molecule has 1 unspecified atom stereocenters. The maximum absolute atomic E-state index is 9.89. The number of pyridine rings is 1. The van der Waals surface area contributed by atoms with E-state index in [1.165, 1.54) is 0 Å². The Morgan fingerprint density at radius 3 is 2.88 bits per heavy atom. The Morgan fingerprint density at radius 2 is 2.24 bits per heavy atom. The number of aryl methyl sites for hydroxylation is 2. The summed E-state index contributed by atoms with van der Waals surface area (Å²) in [5.41, 5.74) is 2.07. The van der Waals surface area contributed by atoms with Crippen LogP contribution in [0.2, 0.25) is 0 Å². The van der Waals surface area contributed by atoms with Gasteiger partial charge >= 0.3 is 0 Å². The number of hydrogen-bond acceptors (Lipinski definition) is 3. The third-order valence-corrected chi connectivity index (χ3v) is 2.72. The molecule has 1 atom stereocenters. The predicted molar refractivity (Wildman–Crippen MR) is 65.7 cm³/mol. The van der Waals surface area contributed by atoms with Crippen molar-refractivity contribution in [3.63, 3.8) is 0 Å². The number of hydrogen-bond donors (Lipinski definition) is 1. The number of aromatic nitrogens is 1. The SMILES string of the molecule is Cc1ccc(CC(O)CCc2ccco2)nc1. The summed E-state index contributed by atoms with van der Waals surface area (Å²) >= 11 is 0. The van der Waals surface area contributed by atoms with Gasteiger partial charge in [-0.25, -0.2) is 0 Å². The fraction of sp³-hybridized carbons (Fsp3) is 0.357. The van der Waals surface area contributed by atoms with Crippen LogP contribution in [0.15, 0.2) is 41.1 Å². The molecule has 2 aromatic rings. The Labute approximate surface area is 101 Å². The van der Waals surface area contributed by atoms with Crippen molar-refractivity contribution in [1.29, 1.82) is 0 Å². The fourth-order valence-electron chi connectivity index (χ4n) is 1.73. The molecule has 2 heterocycles. The molecule has 17 heavy (non-hydrogen) atoms. The molecule has 0 spiro atoms. The van der Waals surface area contributed by atoms with E-state index in [4.69, 9.17) is 4.42 Å². The molecule has 0 aliphatic heterocycles. The van der Waals surface area contributed by atoms with E-state index in [1.807, 2.05) is 37.4 Å². The number of aliphatic hydroxyl groups is 1. The zero-order valence-corrected chi connectivity index (χ0v) is 9.97. The van der Waals surface area contributed by atoms with E-state index >= 15 is 0 Å². The van der Waals surface area contributed by atoms with Crippen LogP contribution in [0.3, 0.4) is 0 Å². The normalized spacial score (nSPS) is 12.6. The van der Waals surface area contributed by atoms with Crippen LogP contribution < -0.4 is 0 Å². The van der Waals surface area contributed by atoms with Crippen molar-refractivity contribution in [3.05, 3.63) is 53.7 Å². The van der Waals surface area contributed by atoms with Crippen molar-refractivity contribution in [2.24, 2.45) is 0 Å². The van der Waals surface area contributed by atoms with Crippen LogP contribution in [0.25, 0.3) is 0 Å². The van der Waals surface area contributed by atoms with Crippen LogP contribution in [0.1, 0.15) is 23.4 Å². The largest absolute Gasteiger partial charge is 0.469 e. The smallest absolute Gasteiger partial charge is 0.103 e. The summed E-state index contributed by atoms with van der Waals surface area (Å²) in [5.74, 6) is 0.918. The standard InChI is InChI=1S/C14H17NO2/c1-11-4-5-12(15-10-11)9-13(16)6-7-14-3-2-8-17-14/h2-5,8,10,13,16H,6-7,9H2,1H3. The monoisotopic (exact) mass is 231 g/mol. The van der Waals surface area contributed by atoms with Crippen molar-refractivity contribution < 1.29 is 9.52 Å². The topological polar surface area (TPSA) is 46.3 Å². The summed E-state index contributed by atoms with van der Waals surface area (Å²) in [6.07, 6.45) is 5.18. The number of furan rings is 1. The highest BCUT2D eigenvalue weighted by Gasteiger charge is 2.07. The first-order valence-electron chi connectivity index (χ1n) is 5.86. The lowest BCUT2D eigenvalue weighted by molar-refractivity contribution is 0.162. The van der Waals surface area contributed by atoms with Crippen molar-refractivity contribution >= 4 is 0 Å². The lowest BCUT2D eigenvalue weighted by Crippen LogP contribution is -2.12. The zero-order valence-electron chi connectivity index (χ0n) is 9.97. The molecule has 0 radical (unpaired) electrons. The van der Waals surface area contributed by atoms with Gasteiger partial charge in [0.2, 0.25) is 0 Å². The third-order valence-electron chi connectivity index (χ3n) is 2.72. The molecule has 0 fully saturated rings. The van der Waals surface area contributed by atoms with Gasteiger partial charge in [-0.1, -0.05) is 6.07 Å². The summed E-state index contributed by atoms with van der Waals surface area (Å²) < 4.78 is 5.22. The van der Waals surface area contributed by atoms with Gasteiger partial charge in [-0.3, -0.25) is 4.98 Å². The summed E-state index contributed by atoms with van der Waals surface area (Å²) in [6, 6.07) is 7.77. The molecule has 0 saturated heterocycles. The first kappa shape index (κ1) is 11.9. The van der Waals surface area contributed by atoms with Gasteiger partial charge in [-0.2, -0.15) is 0 Å². The van der Waals surface area contributed by atoms with E-state index in [0.717, 1.165) is 23.4 Å². The molecule has 2 rings (SSSR count). The molecular formula is C14H17NO2. The van der Waals surface area contributed by atoms with Crippen LogP contribution >= 0.6 is 0 Å². The Bertz CT molecular complexity index is 434. The molecule has 0 bridgehead atoms. The molecule has 0 saturated carbocycles. The maximum atomic E-state index is 9.89. The second-order valence-electron chi connectivity index (χ2n) is 4.30. The Morgan fingerprint density at radius 1 is 1.35 bits per heavy atom. The van der Waals surface area contributed by atoms with Crippen molar-refractivity contribution in [3.8, 4) is 0 Å². The highest BCUT2D eigenvalue weighted by Crippen LogP contribution is 2.09. The maximum Gasteiger partial charge on any atom is 0.103 e. The number of rotatable bonds is 5. The van der Waals surface area contributed by atoms with Gasteiger partial charge in [0.25, 0.3) is 0 Å². The van der Waals surface area contributed by atoms with Crippen LogP contribution in [-0.2, 0) is 12.8 Å². The van der Waals surface area contributed by atoms with Gasteiger partial charge < -0.3 is 9.52 Å². The molecule has 0 aliphatic carbocycles.